The predicted octanol–water partition coefficient (Wildman–Crippen LogP) is 3.43. The van der Waals surface area contributed by atoms with Gasteiger partial charge in [0.2, 0.25) is 0 Å². The van der Waals surface area contributed by atoms with Crippen molar-refractivity contribution in [2.45, 2.75) is 0 Å². The fraction of sp³-hybridized carbons (Fsp3) is 0.0769. The molecule has 2 rings (SSSR count). The molecule has 1 aromatic carbocycles. The number of anilines is 1. The Labute approximate surface area is 127 Å². The fourth-order valence-corrected chi connectivity index (χ4v) is 2.11. The second-order valence-corrected chi connectivity index (χ2v) is 5.09. The van der Waals surface area contributed by atoms with Crippen molar-refractivity contribution in [3.63, 3.8) is 0 Å². The zero-order valence-electron chi connectivity index (χ0n) is 10.0. The van der Waals surface area contributed by atoms with Crippen molar-refractivity contribution in [1.82, 2.24) is 0 Å². The number of aliphatic carboxylic acids is 1. The highest BCUT2D eigenvalue weighted by Crippen LogP contribution is 2.23. The van der Waals surface area contributed by atoms with E-state index in [1.807, 2.05) is 0 Å². The zero-order chi connectivity index (χ0) is 14.7. The normalized spacial score (nSPS) is 10.3. The number of carbonyl (C=O) groups is 2. The van der Waals surface area contributed by atoms with Gasteiger partial charge in [0.25, 0.3) is 5.91 Å². The van der Waals surface area contributed by atoms with Gasteiger partial charge in [-0.15, -0.1) is 0 Å². The van der Waals surface area contributed by atoms with Crippen molar-refractivity contribution < 1.29 is 19.1 Å². The lowest BCUT2D eigenvalue weighted by Crippen LogP contribution is -2.35. The van der Waals surface area contributed by atoms with Gasteiger partial charge in [-0.25, -0.2) is 0 Å². The van der Waals surface area contributed by atoms with Crippen molar-refractivity contribution in [2.24, 2.45) is 0 Å². The Hall–Kier alpha value is -1.79. The smallest absolute Gasteiger partial charge is 0.323 e. The molecule has 0 spiro atoms. The predicted molar refractivity (Wildman–Crippen MR) is 77.2 cm³/mol. The van der Waals surface area contributed by atoms with Gasteiger partial charge in [0.15, 0.2) is 10.4 Å². The number of hydrogen-bond acceptors (Lipinski definition) is 3. The molecular formula is C13H9BrClNO4. The van der Waals surface area contributed by atoms with Crippen LogP contribution in [-0.2, 0) is 4.79 Å². The lowest BCUT2D eigenvalue weighted by atomic mass is 10.2. The van der Waals surface area contributed by atoms with Crippen LogP contribution >= 0.6 is 27.5 Å². The molecule has 1 aromatic heterocycles. The van der Waals surface area contributed by atoms with Crippen molar-refractivity contribution >= 4 is 45.1 Å². The largest absolute Gasteiger partial charge is 0.480 e. The number of rotatable bonds is 4. The molecular weight excluding hydrogens is 350 g/mol. The maximum absolute atomic E-state index is 12.3. The average Bonchev–Trinajstić information content (AvgIpc) is 2.81. The van der Waals surface area contributed by atoms with Crippen LogP contribution in [0.5, 0.6) is 0 Å². The maximum atomic E-state index is 12.3. The van der Waals surface area contributed by atoms with Gasteiger partial charge >= 0.3 is 5.97 Å². The van der Waals surface area contributed by atoms with E-state index in [1.165, 1.54) is 12.1 Å². The summed E-state index contributed by atoms with van der Waals surface area (Å²) in [6.45, 7) is -0.489. The monoisotopic (exact) mass is 357 g/mol. The molecule has 7 heteroatoms. The van der Waals surface area contributed by atoms with Crippen LogP contribution in [0.15, 0.2) is 45.5 Å². The number of carboxylic acids is 1. The van der Waals surface area contributed by atoms with Crippen LogP contribution in [0.1, 0.15) is 10.6 Å². The summed E-state index contributed by atoms with van der Waals surface area (Å²) in [5.74, 6) is -1.65. The van der Waals surface area contributed by atoms with E-state index >= 15 is 0 Å². The first-order chi connectivity index (χ1) is 9.47. The molecule has 0 atom stereocenters. The van der Waals surface area contributed by atoms with Crippen LogP contribution in [0.4, 0.5) is 5.69 Å². The molecule has 0 saturated carbocycles. The Balaban J connectivity index is 2.37. The van der Waals surface area contributed by atoms with Gasteiger partial charge in [0.1, 0.15) is 6.54 Å². The molecule has 5 nitrogen and oxygen atoms in total. The summed E-state index contributed by atoms with van der Waals surface area (Å²) >= 11 is 8.96. The molecule has 104 valence electrons. The third-order valence-electron chi connectivity index (χ3n) is 2.44. The summed E-state index contributed by atoms with van der Waals surface area (Å²) in [6.07, 6.45) is 0. The minimum atomic E-state index is -1.14. The van der Waals surface area contributed by atoms with Gasteiger partial charge in [0.05, 0.1) is 0 Å². The van der Waals surface area contributed by atoms with Crippen molar-refractivity contribution in [3.8, 4) is 0 Å². The highest BCUT2D eigenvalue weighted by molar-refractivity contribution is 9.10. The molecule has 0 unspecified atom stereocenters. The third-order valence-corrected chi connectivity index (χ3v) is 3.10. The molecule has 0 saturated heterocycles. The van der Waals surface area contributed by atoms with E-state index in [-0.39, 0.29) is 5.76 Å². The Morgan fingerprint density at radius 3 is 2.60 bits per heavy atom. The number of carbonyl (C=O) groups excluding carboxylic acids is 1. The molecule has 1 N–H and O–H groups in total. The van der Waals surface area contributed by atoms with Crippen molar-refractivity contribution in [2.75, 3.05) is 11.4 Å². The summed E-state index contributed by atoms with van der Waals surface area (Å²) in [4.78, 5) is 24.3. The molecule has 1 heterocycles. The van der Waals surface area contributed by atoms with E-state index in [0.29, 0.717) is 15.4 Å². The molecule has 20 heavy (non-hydrogen) atoms. The second kappa shape index (κ2) is 6.11. The molecule has 2 aromatic rings. The molecule has 0 aliphatic heterocycles. The van der Waals surface area contributed by atoms with Crippen molar-refractivity contribution in [1.29, 1.82) is 0 Å². The topological polar surface area (TPSA) is 70.8 Å². The number of halogens is 2. The number of amides is 1. The Morgan fingerprint density at radius 2 is 2.05 bits per heavy atom. The number of hydrogen-bond donors (Lipinski definition) is 1. The van der Waals surface area contributed by atoms with Crippen molar-refractivity contribution in [3.05, 3.63) is 51.9 Å². The number of furan rings is 1. The first kappa shape index (κ1) is 14.6. The third kappa shape index (κ3) is 3.40. The minimum absolute atomic E-state index is 0.0399. The number of benzene rings is 1. The molecule has 1 amide bonds. The maximum Gasteiger partial charge on any atom is 0.323 e. The molecule has 0 bridgehead atoms. The van der Waals surface area contributed by atoms with Crippen LogP contribution in [-0.4, -0.2) is 23.5 Å². The van der Waals surface area contributed by atoms with Crippen LogP contribution in [0.25, 0.3) is 0 Å². The van der Waals surface area contributed by atoms with E-state index in [0.717, 1.165) is 4.90 Å². The van der Waals surface area contributed by atoms with Gasteiger partial charge in [-0.3, -0.25) is 14.5 Å². The van der Waals surface area contributed by atoms with Gasteiger partial charge in [0, 0.05) is 10.7 Å². The second-order valence-electron chi connectivity index (χ2n) is 3.87. The first-order valence-electron chi connectivity index (χ1n) is 5.52. The van der Waals surface area contributed by atoms with E-state index < -0.39 is 18.4 Å². The van der Waals surface area contributed by atoms with Gasteiger partial charge in [-0.05, 0) is 46.3 Å². The highest BCUT2D eigenvalue weighted by Gasteiger charge is 2.23. The molecule has 0 aliphatic rings. The Kier molecular flexibility index (Phi) is 4.46. The van der Waals surface area contributed by atoms with E-state index in [2.05, 4.69) is 15.9 Å². The lowest BCUT2D eigenvalue weighted by Gasteiger charge is -2.19. The van der Waals surface area contributed by atoms with E-state index in [9.17, 15) is 9.59 Å². The quantitative estimate of drug-likeness (QED) is 0.909. The van der Waals surface area contributed by atoms with Gasteiger partial charge in [-0.2, -0.15) is 0 Å². The summed E-state index contributed by atoms with van der Waals surface area (Å²) in [5, 5.41) is 9.36. The Bertz CT molecular complexity index is 655. The van der Waals surface area contributed by atoms with E-state index in [4.69, 9.17) is 21.1 Å². The molecule has 0 aliphatic carbocycles. The van der Waals surface area contributed by atoms with Crippen LogP contribution < -0.4 is 4.90 Å². The zero-order valence-corrected chi connectivity index (χ0v) is 12.4. The van der Waals surface area contributed by atoms with Gasteiger partial charge in [-0.1, -0.05) is 17.7 Å². The number of carboxylic acid groups (broad SMARTS) is 1. The molecule has 0 radical (unpaired) electrons. The summed E-state index contributed by atoms with van der Waals surface area (Å²) in [7, 11) is 0. The van der Waals surface area contributed by atoms with E-state index in [1.54, 1.807) is 24.3 Å². The van der Waals surface area contributed by atoms with Gasteiger partial charge < -0.3 is 9.52 Å². The summed E-state index contributed by atoms with van der Waals surface area (Å²) in [5.41, 5.74) is 0.387. The molecule has 0 fully saturated rings. The average molecular weight is 359 g/mol. The van der Waals surface area contributed by atoms with Crippen LogP contribution in [0.2, 0.25) is 5.02 Å². The van der Waals surface area contributed by atoms with Crippen LogP contribution in [0.3, 0.4) is 0 Å². The lowest BCUT2D eigenvalue weighted by molar-refractivity contribution is -0.135. The summed E-state index contributed by atoms with van der Waals surface area (Å²) < 4.78 is 5.55. The standard InChI is InChI=1S/C13H9BrClNO4/c14-11-5-4-10(20-11)13(19)16(7-12(17)18)9-3-1-2-8(15)6-9/h1-6H,7H2,(H,17,18). The van der Waals surface area contributed by atoms with Crippen LogP contribution in [0, 0.1) is 0 Å². The highest BCUT2D eigenvalue weighted by atomic mass is 79.9. The summed E-state index contributed by atoms with van der Waals surface area (Å²) in [6, 6.07) is 9.41. The number of nitrogens with zero attached hydrogens (tertiary/aromatic N) is 1. The Morgan fingerprint density at radius 1 is 1.30 bits per heavy atom. The first-order valence-corrected chi connectivity index (χ1v) is 6.69. The fourth-order valence-electron chi connectivity index (χ4n) is 1.62. The SMILES string of the molecule is O=C(O)CN(C(=O)c1ccc(Br)o1)c1cccc(Cl)c1. The minimum Gasteiger partial charge on any atom is -0.480 e.